The van der Waals surface area contributed by atoms with Gasteiger partial charge in [0.2, 0.25) is 23.6 Å². The maximum Gasteiger partial charge on any atom is 0.246 e. The van der Waals surface area contributed by atoms with Crippen molar-refractivity contribution in [3.05, 3.63) is 29.8 Å². The number of carbonyl (C=O) groups excluding carboxylic acids is 4. The van der Waals surface area contributed by atoms with Crippen LogP contribution < -0.4 is 10.6 Å². The quantitative estimate of drug-likeness (QED) is 0.614. The summed E-state index contributed by atoms with van der Waals surface area (Å²) < 4.78 is 0. The number of benzene rings is 1. The largest absolute Gasteiger partial charge is 0.508 e. The summed E-state index contributed by atoms with van der Waals surface area (Å²) in [5.41, 5.74) is 0.776. The van der Waals surface area contributed by atoms with Crippen LogP contribution in [0.4, 0.5) is 0 Å². The Morgan fingerprint density at radius 2 is 1.42 bits per heavy atom. The molecule has 4 rings (SSSR count). The van der Waals surface area contributed by atoms with Crippen molar-refractivity contribution >= 4 is 23.6 Å². The van der Waals surface area contributed by atoms with Gasteiger partial charge in [-0.05, 0) is 49.3 Å². The normalized spacial score (nSPS) is 28.7. The Morgan fingerprint density at radius 3 is 2.00 bits per heavy atom. The average Bonchev–Trinajstić information content (AvgIpc) is 3.46. The van der Waals surface area contributed by atoms with Gasteiger partial charge in [-0.2, -0.15) is 0 Å². The summed E-state index contributed by atoms with van der Waals surface area (Å²) in [6.07, 6.45) is 2.63. The molecule has 1 aromatic rings. The number of phenolic OH excluding ortho intramolecular Hbond substituents is 1. The maximum absolute atomic E-state index is 13.6. The lowest BCUT2D eigenvalue weighted by atomic mass is 10.00. The van der Waals surface area contributed by atoms with Crippen LogP contribution >= 0.6 is 0 Å². The van der Waals surface area contributed by atoms with Crippen molar-refractivity contribution in [2.75, 3.05) is 13.1 Å². The minimum Gasteiger partial charge on any atom is -0.508 e. The van der Waals surface area contributed by atoms with E-state index in [4.69, 9.17) is 0 Å². The Hall–Kier alpha value is -3.10. The SMILES string of the molecule is CC(C)[C@H]1NC(=O)[C@@H]2CCCN2C(=O)[C@@H](Cc2ccc(O)cc2)NC(=O)[C@@H]2CCCN2C1=O. The molecule has 9 nitrogen and oxygen atoms in total. The predicted octanol–water partition coefficient (Wildman–Crippen LogP) is 0.556. The smallest absolute Gasteiger partial charge is 0.246 e. The van der Waals surface area contributed by atoms with E-state index in [0.717, 1.165) is 5.56 Å². The second kappa shape index (κ2) is 9.41. The zero-order valence-corrected chi connectivity index (χ0v) is 19.1. The zero-order chi connectivity index (χ0) is 23.7. The number of aromatic hydroxyl groups is 1. The molecule has 0 saturated carbocycles. The van der Waals surface area contributed by atoms with E-state index in [-0.39, 0.29) is 41.7 Å². The second-order valence-corrected chi connectivity index (χ2v) is 9.54. The van der Waals surface area contributed by atoms with Gasteiger partial charge in [0, 0.05) is 19.5 Å². The number of fused-ring (bicyclic) bond motifs is 2. The molecule has 3 fully saturated rings. The molecule has 9 heteroatoms. The summed E-state index contributed by atoms with van der Waals surface area (Å²) >= 11 is 0. The Bertz CT molecular complexity index is 931. The molecule has 178 valence electrons. The van der Waals surface area contributed by atoms with Gasteiger partial charge in [-0.25, -0.2) is 0 Å². The summed E-state index contributed by atoms with van der Waals surface area (Å²) in [4.78, 5) is 56.5. The molecule has 3 aliphatic heterocycles. The van der Waals surface area contributed by atoms with E-state index in [9.17, 15) is 24.3 Å². The van der Waals surface area contributed by atoms with Crippen LogP contribution in [0.5, 0.6) is 5.75 Å². The molecule has 0 radical (unpaired) electrons. The van der Waals surface area contributed by atoms with Crippen molar-refractivity contribution in [2.45, 2.75) is 70.1 Å². The van der Waals surface area contributed by atoms with Gasteiger partial charge in [0.25, 0.3) is 0 Å². The number of hydrogen-bond acceptors (Lipinski definition) is 5. The minimum absolute atomic E-state index is 0.115. The fourth-order valence-corrected chi connectivity index (χ4v) is 5.08. The Morgan fingerprint density at radius 1 is 0.879 bits per heavy atom. The summed E-state index contributed by atoms with van der Waals surface area (Å²) in [6.45, 7) is 4.60. The van der Waals surface area contributed by atoms with Crippen molar-refractivity contribution in [1.29, 1.82) is 0 Å². The molecular weight excluding hydrogens is 424 g/mol. The highest BCUT2D eigenvalue weighted by molar-refractivity contribution is 5.98. The molecule has 0 aromatic heterocycles. The molecule has 4 amide bonds. The summed E-state index contributed by atoms with van der Waals surface area (Å²) in [6, 6.07) is 3.54. The fourth-order valence-electron chi connectivity index (χ4n) is 5.08. The van der Waals surface area contributed by atoms with Gasteiger partial charge >= 0.3 is 0 Å². The third kappa shape index (κ3) is 4.67. The highest BCUT2D eigenvalue weighted by atomic mass is 16.3. The van der Waals surface area contributed by atoms with E-state index in [1.54, 1.807) is 17.0 Å². The van der Waals surface area contributed by atoms with Crippen LogP contribution in [0.25, 0.3) is 0 Å². The topological polar surface area (TPSA) is 119 Å². The maximum atomic E-state index is 13.6. The van der Waals surface area contributed by atoms with Crippen molar-refractivity contribution in [3.8, 4) is 5.75 Å². The van der Waals surface area contributed by atoms with Crippen molar-refractivity contribution in [1.82, 2.24) is 20.4 Å². The van der Waals surface area contributed by atoms with Crippen molar-refractivity contribution in [3.63, 3.8) is 0 Å². The van der Waals surface area contributed by atoms with Crippen molar-refractivity contribution < 1.29 is 24.3 Å². The summed E-state index contributed by atoms with van der Waals surface area (Å²) in [7, 11) is 0. The van der Waals surface area contributed by atoms with Crippen LogP contribution in [0, 0.1) is 5.92 Å². The second-order valence-electron chi connectivity index (χ2n) is 9.54. The molecule has 3 saturated heterocycles. The first-order valence-electron chi connectivity index (χ1n) is 11.8. The van der Waals surface area contributed by atoms with Gasteiger partial charge in [0.1, 0.15) is 29.9 Å². The molecular formula is C24H32N4O5. The molecule has 3 N–H and O–H groups in total. The standard InChI is InChI=1S/C24H32N4O5/c1-14(2)20-24(33)28-12-4-5-18(28)21(30)25-17(13-15-7-9-16(29)10-8-15)23(32)27-11-3-6-19(27)22(31)26-20/h7-10,14,17-20,29H,3-6,11-13H2,1-2H3,(H,25,30)(H,26,31)/t17-,18+,19+,20-/m1/s1. The van der Waals surface area contributed by atoms with Crippen molar-refractivity contribution in [2.24, 2.45) is 5.92 Å². The Kier molecular flexibility index (Phi) is 6.58. The van der Waals surface area contributed by atoms with E-state index in [2.05, 4.69) is 10.6 Å². The third-order valence-corrected chi connectivity index (χ3v) is 6.90. The van der Waals surface area contributed by atoms with E-state index in [1.807, 2.05) is 13.8 Å². The van der Waals surface area contributed by atoms with Crippen LogP contribution in [0.15, 0.2) is 24.3 Å². The first kappa shape index (κ1) is 23.1. The van der Waals surface area contributed by atoms with Crippen LogP contribution in [0.2, 0.25) is 0 Å². The predicted molar refractivity (Wildman–Crippen MR) is 120 cm³/mol. The minimum atomic E-state index is -0.867. The molecule has 0 bridgehead atoms. The zero-order valence-electron chi connectivity index (χ0n) is 19.1. The highest BCUT2D eigenvalue weighted by Crippen LogP contribution is 2.25. The average molecular weight is 457 g/mol. The number of nitrogens with zero attached hydrogens (tertiary/aromatic N) is 2. The third-order valence-electron chi connectivity index (χ3n) is 6.90. The number of rotatable bonds is 3. The number of amides is 4. The first-order valence-corrected chi connectivity index (χ1v) is 11.8. The highest BCUT2D eigenvalue weighted by Gasteiger charge is 2.44. The number of phenols is 1. The monoisotopic (exact) mass is 456 g/mol. The molecule has 4 atom stereocenters. The Balaban J connectivity index is 1.68. The lowest BCUT2D eigenvalue weighted by molar-refractivity contribution is -0.147. The summed E-state index contributed by atoms with van der Waals surface area (Å²) in [5.74, 6) is -1.25. The molecule has 33 heavy (non-hydrogen) atoms. The van der Waals surface area contributed by atoms with Gasteiger partial charge in [-0.15, -0.1) is 0 Å². The van der Waals surface area contributed by atoms with Gasteiger partial charge < -0.3 is 25.5 Å². The molecule has 0 unspecified atom stereocenters. The van der Waals surface area contributed by atoms with Crippen LogP contribution in [0.3, 0.4) is 0 Å². The lowest BCUT2D eigenvalue weighted by Gasteiger charge is -2.35. The van der Waals surface area contributed by atoms with E-state index >= 15 is 0 Å². The lowest BCUT2D eigenvalue weighted by Crippen LogP contribution is -2.62. The molecule has 0 spiro atoms. The molecule has 3 aliphatic rings. The Labute approximate surface area is 193 Å². The van der Waals surface area contributed by atoms with Gasteiger partial charge in [0.15, 0.2) is 0 Å². The molecule has 1 aromatic carbocycles. The van der Waals surface area contributed by atoms with Gasteiger partial charge in [-0.1, -0.05) is 26.0 Å². The number of nitrogens with one attached hydrogen (secondary N) is 2. The molecule has 3 heterocycles. The fraction of sp³-hybridized carbons (Fsp3) is 0.583. The first-order chi connectivity index (χ1) is 15.8. The van der Waals surface area contributed by atoms with E-state index in [0.29, 0.717) is 38.8 Å². The van der Waals surface area contributed by atoms with Crippen LogP contribution in [0.1, 0.15) is 45.1 Å². The van der Waals surface area contributed by atoms with E-state index < -0.39 is 24.2 Å². The molecule has 0 aliphatic carbocycles. The number of hydrogen-bond donors (Lipinski definition) is 3. The summed E-state index contributed by atoms with van der Waals surface area (Å²) in [5, 5.41) is 15.4. The van der Waals surface area contributed by atoms with Gasteiger partial charge in [-0.3, -0.25) is 19.2 Å². The van der Waals surface area contributed by atoms with Gasteiger partial charge in [0.05, 0.1) is 0 Å². The number of carbonyl (C=O) groups is 4. The van der Waals surface area contributed by atoms with Crippen LogP contribution in [-0.2, 0) is 25.6 Å². The van der Waals surface area contributed by atoms with Crippen LogP contribution in [-0.4, -0.2) is 75.8 Å². The van der Waals surface area contributed by atoms with E-state index in [1.165, 1.54) is 17.0 Å².